The van der Waals surface area contributed by atoms with Crippen molar-refractivity contribution in [3.63, 3.8) is 0 Å². The molecule has 0 heterocycles. The minimum absolute atomic E-state index is 0.0575. The van der Waals surface area contributed by atoms with Gasteiger partial charge in [0.25, 0.3) is 0 Å². The number of hydrogen-bond donors (Lipinski definition) is 0. The highest BCUT2D eigenvalue weighted by molar-refractivity contribution is 5.65. The van der Waals surface area contributed by atoms with Gasteiger partial charge in [-0.3, -0.25) is 4.79 Å². The Morgan fingerprint density at radius 3 is 2.24 bits per heavy atom. The molecule has 0 saturated heterocycles. The summed E-state index contributed by atoms with van der Waals surface area (Å²) in [6, 6.07) is 0. The van der Waals surface area contributed by atoms with E-state index < -0.39 is 28.9 Å². The second-order valence-corrected chi connectivity index (χ2v) is 5.70. The van der Waals surface area contributed by atoms with Gasteiger partial charge in [-0.25, -0.2) is 0 Å². The summed E-state index contributed by atoms with van der Waals surface area (Å²) >= 11 is 0. The first-order valence-electron chi connectivity index (χ1n) is 5.71. The third kappa shape index (κ3) is 2.58. The molecule has 0 aromatic heterocycles. The van der Waals surface area contributed by atoms with Crippen LogP contribution in [0, 0.1) is 16.7 Å². The van der Waals surface area contributed by atoms with E-state index >= 15 is 0 Å². The summed E-state index contributed by atoms with van der Waals surface area (Å²) in [7, 11) is 0. The molecule has 0 N–H and O–H groups in total. The molecule has 0 unspecified atom stereocenters. The Kier molecular flexibility index (Phi) is 3.52. The van der Waals surface area contributed by atoms with E-state index in [4.69, 9.17) is 4.74 Å². The van der Waals surface area contributed by atoms with Crippen LogP contribution in [0.4, 0.5) is 13.2 Å². The van der Waals surface area contributed by atoms with Gasteiger partial charge in [0.2, 0.25) is 0 Å². The van der Waals surface area contributed by atoms with Crippen LogP contribution in [0.5, 0.6) is 0 Å². The molecule has 2 atom stereocenters. The fourth-order valence-corrected chi connectivity index (χ4v) is 2.66. The summed E-state index contributed by atoms with van der Waals surface area (Å²) in [6.45, 7) is 6.32. The van der Waals surface area contributed by atoms with E-state index in [1.807, 2.05) is 0 Å². The maximum absolute atomic E-state index is 12.9. The van der Waals surface area contributed by atoms with Gasteiger partial charge < -0.3 is 4.74 Å². The van der Waals surface area contributed by atoms with E-state index in [9.17, 15) is 18.0 Å². The first kappa shape index (κ1) is 14.3. The van der Waals surface area contributed by atoms with Crippen LogP contribution in [-0.4, -0.2) is 18.8 Å². The Bertz CT molecular complexity index is 309. The molecule has 1 rings (SSSR count). The van der Waals surface area contributed by atoms with E-state index in [2.05, 4.69) is 0 Å². The summed E-state index contributed by atoms with van der Waals surface area (Å²) in [5, 5.41) is 0. The second-order valence-electron chi connectivity index (χ2n) is 5.70. The van der Waals surface area contributed by atoms with E-state index in [0.717, 1.165) is 0 Å². The molecule has 100 valence electrons. The number of esters is 1. The van der Waals surface area contributed by atoms with Gasteiger partial charge in [0, 0.05) is 12.3 Å². The molecule has 1 aliphatic rings. The molecule has 0 radical (unpaired) electrons. The molecular formula is C12H19F3O2. The highest BCUT2D eigenvalue weighted by atomic mass is 19.4. The lowest BCUT2D eigenvalue weighted by atomic mass is 9.66. The molecule has 17 heavy (non-hydrogen) atoms. The number of alkyl halides is 3. The average molecular weight is 252 g/mol. The maximum Gasteiger partial charge on any atom is 0.392 e. The van der Waals surface area contributed by atoms with Crippen LogP contribution in [0.15, 0.2) is 0 Å². The van der Waals surface area contributed by atoms with Gasteiger partial charge in [-0.1, -0.05) is 20.8 Å². The number of hydrogen-bond acceptors (Lipinski definition) is 2. The highest BCUT2D eigenvalue weighted by Crippen LogP contribution is 2.60. The maximum atomic E-state index is 12.9. The number of carbonyl (C=O) groups excluding carboxylic acids is 1. The van der Waals surface area contributed by atoms with Gasteiger partial charge in [-0.15, -0.1) is 0 Å². The van der Waals surface area contributed by atoms with Crippen molar-refractivity contribution in [2.45, 2.75) is 46.7 Å². The van der Waals surface area contributed by atoms with Crippen molar-refractivity contribution >= 4 is 5.97 Å². The van der Waals surface area contributed by atoms with Crippen molar-refractivity contribution in [1.29, 1.82) is 0 Å². The normalized spacial score (nSPS) is 32.5. The standard InChI is InChI=1S/C12H19F3O2/c1-8(16)17-7-11(4)6-5-9(10(11,2)3)12(13,14)15/h9H,5-7H2,1-4H3/t9-,11-/m0/s1. The predicted molar refractivity (Wildman–Crippen MR) is 57.3 cm³/mol. The average Bonchev–Trinajstić information content (AvgIpc) is 2.34. The molecule has 0 spiro atoms. The SMILES string of the molecule is CC(=O)OC[C@]1(C)CC[C@H](C(F)(F)F)C1(C)C. The molecule has 0 aromatic rings. The van der Waals surface area contributed by atoms with Crippen molar-refractivity contribution < 1.29 is 22.7 Å². The third-order valence-electron chi connectivity index (χ3n) is 4.40. The first-order valence-corrected chi connectivity index (χ1v) is 5.71. The lowest BCUT2D eigenvalue weighted by Gasteiger charge is -2.41. The molecule has 1 fully saturated rings. The fraction of sp³-hybridized carbons (Fsp3) is 0.917. The van der Waals surface area contributed by atoms with Gasteiger partial charge in [-0.05, 0) is 18.3 Å². The molecule has 2 nitrogen and oxygen atoms in total. The third-order valence-corrected chi connectivity index (χ3v) is 4.40. The van der Waals surface area contributed by atoms with Crippen molar-refractivity contribution in [1.82, 2.24) is 0 Å². The van der Waals surface area contributed by atoms with E-state index in [1.54, 1.807) is 20.8 Å². The highest BCUT2D eigenvalue weighted by Gasteiger charge is 2.60. The summed E-state index contributed by atoms with van der Waals surface area (Å²) in [4.78, 5) is 10.8. The first-order chi connectivity index (χ1) is 7.51. The van der Waals surface area contributed by atoms with Crippen LogP contribution in [-0.2, 0) is 9.53 Å². The monoisotopic (exact) mass is 252 g/mol. The lowest BCUT2D eigenvalue weighted by Crippen LogP contribution is -2.43. The van der Waals surface area contributed by atoms with Crippen LogP contribution in [0.3, 0.4) is 0 Å². The predicted octanol–water partition coefficient (Wildman–Crippen LogP) is 3.55. The lowest BCUT2D eigenvalue weighted by molar-refractivity contribution is -0.206. The molecular weight excluding hydrogens is 233 g/mol. The van der Waals surface area contributed by atoms with Crippen LogP contribution in [0.2, 0.25) is 0 Å². The van der Waals surface area contributed by atoms with E-state index in [1.165, 1.54) is 6.92 Å². The van der Waals surface area contributed by atoms with Crippen LogP contribution in [0.25, 0.3) is 0 Å². The van der Waals surface area contributed by atoms with Crippen molar-refractivity contribution in [3.8, 4) is 0 Å². The van der Waals surface area contributed by atoms with Gasteiger partial charge in [-0.2, -0.15) is 13.2 Å². The fourth-order valence-electron chi connectivity index (χ4n) is 2.66. The van der Waals surface area contributed by atoms with E-state index in [-0.39, 0.29) is 13.0 Å². The van der Waals surface area contributed by atoms with Crippen LogP contribution >= 0.6 is 0 Å². The zero-order valence-corrected chi connectivity index (χ0v) is 10.6. The Balaban J connectivity index is 2.87. The van der Waals surface area contributed by atoms with Crippen LogP contribution < -0.4 is 0 Å². The van der Waals surface area contributed by atoms with Crippen molar-refractivity contribution in [2.24, 2.45) is 16.7 Å². The summed E-state index contributed by atoms with van der Waals surface area (Å²) in [5.41, 5.74) is -1.53. The Morgan fingerprint density at radius 2 is 1.88 bits per heavy atom. The number of carbonyl (C=O) groups is 1. The minimum Gasteiger partial charge on any atom is -0.465 e. The summed E-state index contributed by atoms with van der Waals surface area (Å²) in [6.07, 6.45) is -3.65. The van der Waals surface area contributed by atoms with Gasteiger partial charge in [0.05, 0.1) is 12.5 Å². The molecule has 0 bridgehead atoms. The van der Waals surface area contributed by atoms with Gasteiger partial charge in [0.15, 0.2) is 0 Å². The minimum atomic E-state index is -4.18. The quantitative estimate of drug-likeness (QED) is 0.702. The number of rotatable bonds is 2. The second kappa shape index (κ2) is 4.18. The molecule has 0 aromatic carbocycles. The molecule has 0 amide bonds. The van der Waals surface area contributed by atoms with Crippen molar-refractivity contribution in [2.75, 3.05) is 6.61 Å². The van der Waals surface area contributed by atoms with Crippen LogP contribution in [0.1, 0.15) is 40.5 Å². The largest absolute Gasteiger partial charge is 0.465 e. The molecule has 1 saturated carbocycles. The summed E-state index contributed by atoms with van der Waals surface area (Å²) < 4.78 is 43.6. The van der Waals surface area contributed by atoms with Crippen molar-refractivity contribution in [3.05, 3.63) is 0 Å². The topological polar surface area (TPSA) is 26.3 Å². The molecule has 0 aliphatic heterocycles. The number of ether oxygens (including phenoxy) is 1. The zero-order valence-electron chi connectivity index (χ0n) is 10.6. The van der Waals surface area contributed by atoms with Gasteiger partial charge >= 0.3 is 12.1 Å². The smallest absolute Gasteiger partial charge is 0.392 e. The Labute approximate surface area is 99.5 Å². The molecule has 5 heteroatoms. The Hall–Kier alpha value is -0.740. The van der Waals surface area contributed by atoms with E-state index in [0.29, 0.717) is 6.42 Å². The van der Waals surface area contributed by atoms with Gasteiger partial charge in [0.1, 0.15) is 0 Å². The Morgan fingerprint density at radius 1 is 1.35 bits per heavy atom. The summed E-state index contributed by atoms with van der Waals surface area (Å²) in [5.74, 6) is -1.77. The zero-order chi connectivity index (χ0) is 13.5. The number of halogens is 3. The molecule has 1 aliphatic carbocycles.